The topological polar surface area (TPSA) is 69.4 Å². The van der Waals surface area contributed by atoms with E-state index in [1.807, 2.05) is 0 Å². The molecule has 0 spiro atoms. The van der Waals surface area contributed by atoms with E-state index in [-0.39, 0.29) is 12.2 Å². The van der Waals surface area contributed by atoms with E-state index in [1.54, 1.807) is 45.2 Å². The number of amides is 1. The molecule has 0 bridgehead atoms. The molecule has 0 unspecified atom stereocenters. The highest BCUT2D eigenvalue weighted by Crippen LogP contribution is 2.23. The van der Waals surface area contributed by atoms with Gasteiger partial charge < -0.3 is 10.5 Å². The van der Waals surface area contributed by atoms with Crippen molar-refractivity contribution in [3.63, 3.8) is 0 Å². The minimum Gasteiger partial charge on any atom is -0.497 e. The summed E-state index contributed by atoms with van der Waals surface area (Å²) in [6, 6.07) is 6.78. The van der Waals surface area contributed by atoms with E-state index in [0.29, 0.717) is 11.3 Å². The second-order valence-electron chi connectivity index (χ2n) is 4.58. The molecule has 0 fully saturated rings. The highest BCUT2D eigenvalue weighted by Gasteiger charge is 2.28. The summed E-state index contributed by atoms with van der Waals surface area (Å²) in [5.74, 6) is 0.117. The molecule has 0 aliphatic rings. The number of hydrogen-bond acceptors (Lipinski definition) is 3. The fourth-order valence-electron chi connectivity index (χ4n) is 1.37. The Morgan fingerprint density at radius 2 is 1.76 bits per heavy atom. The maximum atomic E-state index is 11.9. The number of carbonyl (C=O) groups is 2. The monoisotopic (exact) mass is 235 g/mol. The highest BCUT2D eigenvalue weighted by molar-refractivity contribution is 5.99. The maximum Gasteiger partial charge on any atom is 0.223 e. The average Bonchev–Trinajstić information content (AvgIpc) is 2.28. The molecule has 0 heterocycles. The minimum absolute atomic E-state index is 0.101. The van der Waals surface area contributed by atoms with E-state index in [9.17, 15) is 9.59 Å². The zero-order valence-electron chi connectivity index (χ0n) is 10.3. The predicted molar refractivity (Wildman–Crippen MR) is 64.9 cm³/mol. The number of methoxy groups -OCH3 is 1. The van der Waals surface area contributed by atoms with Gasteiger partial charge in [0.1, 0.15) is 5.75 Å². The number of carbonyl (C=O) groups excluding carboxylic acids is 2. The number of primary amides is 1. The molecule has 1 amide bonds. The molecule has 0 aromatic heterocycles. The molecule has 1 rings (SSSR count). The fourth-order valence-corrected chi connectivity index (χ4v) is 1.37. The minimum atomic E-state index is -0.822. The Morgan fingerprint density at radius 1 is 1.24 bits per heavy atom. The molecular formula is C13H17NO3. The predicted octanol–water partition coefficient (Wildman–Crippen LogP) is 1.78. The van der Waals surface area contributed by atoms with Crippen LogP contribution in [0.2, 0.25) is 0 Å². The Morgan fingerprint density at radius 3 is 2.18 bits per heavy atom. The zero-order valence-corrected chi connectivity index (χ0v) is 10.3. The Hall–Kier alpha value is -1.84. The van der Waals surface area contributed by atoms with Gasteiger partial charge in [0, 0.05) is 12.0 Å². The van der Waals surface area contributed by atoms with E-state index >= 15 is 0 Å². The van der Waals surface area contributed by atoms with E-state index in [4.69, 9.17) is 10.5 Å². The number of ether oxygens (including phenoxy) is 1. The molecule has 0 aliphatic heterocycles. The summed E-state index contributed by atoms with van der Waals surface area (Å²) in [4.78, 5) is 23.1. The third-order valence-corrected chi connectivity index (χ3v) is 2.68. The van der Waals surface area contributed by atoms with Crippen molar-refractivity contribution in [2.75, 3.05) is 7.11 Å². The number of hydrogen-bond donors (Lipinski definition) is 1. The van der Waals surface area contributed by atoms with Gasteiger partial charge in [0.25, 0.3) is 0 Å². The molecule has 2 N–H and O–H groups in total. The lowest BCUT2D eigenvalue weighted by Crippen LogP contribution is -2.33. The van der Waals surface area contributed by atoms with Gasteiger partial charge >= 0.3 is 0 Å². The number of benzene rings is 1. The fraction of sp³-hybridized carbons (Fsp3) is 0.385. The standard InChI is InChI=1S/C13H17NO3/c1-13(2,12(14)16)8-11(15)9-4-6-10(17-3)7-5-9/h4-7H,8H2,1-3H3,(H2,14,16). The van der Waals surface area contributed by atoms with Crippen LogP contribution in [0.5, 0.6) is 5.75 Å². The number of rotatable bonds is 5. The molecule has 0 saturated heterocycles. The van der Waals surface area contributed by atoms with Crippen molar-refractivity contribution >= 4 is 11.7 Å². The van der Waals surface area contributed by atoms with Crippen molar-refractivity contribution in [3.8, 4) is 5.75 Å². The third kappa shape index (κ3) is 3.31. The lowest BCUT2D eigenvalue weighted by atomic mass is 9.85. The van der Waals surface area contributed by atoms with Crippen LogP contribution in [0, 0.1) is 5.41 Å². The Labute approximate surface area is 101 Å². The van der Waals surface area contributed by atoms with Gasteiger partial charge in [-0.25, -0.2) is 0 Å². The Kier molecular flexibility index (Phi) is 3.89. The van der Waals surface area contributed by atoms with E-state index in [1.165, 1.54) is 0 Å². The first-order valence-corrected chi connectivity index (χ1v) is 5.34. The molecule has 4 nitrogen and oxygen atoms in total. The van der Waals surface area contributed by atoms with Crippen molar-refractivity contribution in [2.45, 2.75) is 20.3 Å². The first-order valence-electron chi connectivity index (χ1n) is 5.34. The SMILES string of the molecule is COc1ccc(C(=O)CC(C)(C)C(N)=O)cc1. The molecule has 0 atom stereocenters. The normalized spacial score (nSPS) is 11.0. The van der Waals surface area contributed by atoms with Crippen LogP contribution < -0.4 is 10.5 Å². The van der Waals surface area contributed by atoms with Crippen LogP contribution in [0.4, 0.5) is 0 Å². The number of Topliss-reactive ketones (excluding diaryl/α,β-unsaturated/α-hetero) is 1. The second-order valence-corrected chi connectivity index (χ2v) is 4.58. The zero-order chi connectivity index (χ0) is 13.1. The van der Waals surface area contributed by atoms with Gasteiger partial charge in [-0.05, 0) is 24.3 Å². The summed E-state index contributed by atoms with van der Waals surface area (Å²) in [6.45, 7) is 3.33. The smallest absolute Gasteiger partial charge is 0.223 e. The van der Waals surface area contributed by atoms with Crippen molar-refractivity contribution < 1.29 is 14.3 Å². The molecule has 0 aliphatic carbocycles. The van der Waals surface area contributed by atoms with Crippen molar-refractivity contribution in [2.24, 2.45) is 11.1 Å². The second kappa shape index (κ2) is 4.99. The Bertz CT molecular complexity index is 421. The van der Waals surface area contributed by atoms with E-state index < -0.39 is 11.3 Å². The van der Waals surface area contributed by atoms with Gasteiger partial charge in [0.2, 0.25) is 5.91 Å². The Balaban J connectivity index is 2.80. The summed E-state index contributed by atoms with van der Waals surface area (Å²) >= 11 is 0. The summed E-state index contributed by atoms with van der Waals surface area (Å²) < 4.78 is 5.00. The highest BCUT2D eigenvalue weighted by atomic mass is 16.5. The summed E-state index contributed by atoms with van der Waals surface area (Å²) in [5, 5.41) is 0. The van der Waals surface area contributed by atoms with Gasteiger partial charge in [-0.3, -0.25) is 9.59 Å². The van der Waals surface area contributed by atoms with Gasteiger partial charge in [-0.2, -0.15) is 0 Å². The molecule has 0 radical (unpaired) electrons. The van der Waals surface area contributed by atoms with Gasteiger partial charge in [0.05, 0.1) is 12.5 Å². The van der Waals surface area contributed by atoms with E-state index in [2.05, 4.69) is 0 Å². The van der Waals surface area contributed by atoms with Gasteiger partial charge in [0.15, 0.2) is 5.78 Å². The maximum absolute atomic E-state index is 11.9. The van der Waals surface area contributed by atoms with Crippen molar-refractivity contribution in [3.05, 3.63) is 29.8 Å². The first kappa shape index (κ1) is 13.2. The van der Waals surface area contributed by atoms with Crippen LogP contribution in [0.25, 0.3) is 0 Å². The lowest BCUT2D eigenvalue weighted by Gasteiger charge is -2.19. The van der Waals surface area contributed by atoms with Crippen LogP contribution in [0.1, 0.15) is 30.6 Å². The third-order valence-electron chi connectivity index (χ3n) is 2.68. The van der Waals surface area contributed by atoms with E-state index in [0.717, 1.165) is 0 Å². The summed E-state index contributed by atoms with van der Waals surface area (Å²) in [7, 11) is 1.56. The van der Waals surface area contributed by atoms with Crippen LogP contribution in [0.15, 0.2) is 24.3 Å². The van der Waals surface area contributed by atoms with Crippen LogP contribution >= 0.6 is 0 Å². The van der Waals surface area contributed by atoms with Crippen molar-refractivity contribution in [1.29, 1.82) is 0 Å². The molecular weight excluding hydrogens is 218 g/mol. The van der Waals surface area contributed by atoms with Crippen molar-refractivity contribution in [1.82, 2.24) is 0 Å². The van der Waals surface area contributed by atoms with Crippen LogP contribution in [-0.4, -0.2) is 18.8 Å². The van der Waals surface area contributed by atoms with Crippen LogP contribution in [-0.2, 0) is 4.79 Å². The number of nitrogens with two attached hydrogens (primary N) is 1. The molecule has 1 aromatic carbocycles. The molecule has 1 aromatic rings. The quantitative estimate of drug-likeness (QED) is 0.791. The summed E-state index contributed by atoms with van der Waals surface area (Å²) in [6.07, 6.45) is 0.106. The molecule has 0 saturated carbocycles. The first-order chi connectivity index (χ1) is 7.86. The van der Waals surface area contributed by atoms with Gasteiger partial charge in [-0.1, -0.05) is 13.8 Å². The molecule has 17 heavy (non-hydrogen) atoms. The average molecular weight is 235 g/mol. The molecule has 4 heteroatoms. The largest absolute Gasteiger partial charge is 0.497 e. The van der Waals surface area contributed by atoms with Crippen LogP contribution in [0.3, 0.4) is 0 Å². The molecule has 92 valence electrons. The summed E-state index contributed by atoms with van der Waals surface area (Å²) in [5.41, 5.74) is 4.96. The van der Waals surface area contributed by atoms with Gasteiger partial charge in [-0.15, -0.1) is 0 Å². The number of ketones is 1. The lowest BCUT2D eigenvalue weighted by molar-refractivity contribution is -0.125.